The first-order valence-corrected chi connectivity index (χ1v) is 8.35. The van der Waals surface area contributed by atoms with Gasteiger partial charge in [0, 0.05) is 0 Å². The topological polar surface area (TPSA) is 49.3 Å². The molecule has 2 rings (SSSR count). The first kappa shape index (κ1) is 18.0. The third-order valence-corrected chi connectivity index (χ3v) is 3.91. The number of carbonyl (C=O) groups excluding carboxylic acids is 1. The number of amides is 1. The molecular weight excluding hydrogens is 298 g/mol. The van der Waals surface area contributed by atoms with Gasteiger partial charge in [0.25, 0.3) is 0 Å². The molecule has 1 amide bonds. The van der Waals surface area contributed by atoms with Crippen LogP contribution in [0.1, 0.15) is 24.5 Å². The summed E-state index contributed by atoms with van der Waals surface area (Å²) in [5.41, 5.74) is 2.21. The van der Waals surface area contributed by atoms with Gasteiger partial charge in [-0.05, 0) is 30.9 Å². The van der Waals surface area contributed by atoms with Gasteiger partial charge in [0.1, 0.15) is 0 Å². The second kappa shape index (κ2) is 9.68. The van der Waals surface area contributed by atoms with E-state index in [0.717, 1.165) is 12.0 Å². The predicted molar refractivity (Wildman–Crippen MR) is 97.7 cm³/mol. The average Bonchev–Trinajstić information content (AvgIpc) is 2.60. The Kier molecular flexibility index (Phi) is 7.24. The zero-order chi connectivity index (χ0) is 17.2. The fourth-order valence-electron chi connectivity index (χ4n) is 2.46. The Morgan fingerprint density at radius 3 is 2.21 bits per heavy atom. The molecule has 0 heterocycles. The second-order valence-corrected chi connectivity index (χ2v) is 5.98. The van der Waals surface area contributed by atoms with Crippen molar-refractivity contribution in [3.05, 3.63) is 83.9 Å². The van der Waals surface area contributed by atoms with Crippen LogP contribution in [0.15, 0.2) is 72.8 Å². The molecule has 126 valence electrons. The van der Waals surface area contributed by atoms with E-state index in [9.17, 15) is 9.90 Å². The Balaban J connectivity index is 1.71. The summed E-state index contributed by atoms with van der Waals surface area (Å²) in [5, 5.41) is 13.0. The summed E-state index contributed by atoms with van der Waals surface area (Å²) < 4.78 is 0. The molecule has 3 heteroatoms. The molecule has 0 aromatic heterocycles. The molecule has 0 aliphatic carbocycles. The molecule has 0 radical (unpaired) electrons. The number of hydrogen-bond acceptors (Lipinski definition) is 2. The molecule has 2 atom stereocenters. The van der Waals surface area contributed by atoms with E-state index < -0.39 is 6.10 Å². The zero-order valence-electron chi connectivity index (χ0n) is 14.1. The van der Waals surface area contributed by atoms with Gasteiger partial charge in [0.2, 0.25) is 5.91 Å². The van der Waals surface area contributed by atoms with Crippen molar-refractivity contribution in [1.82, 2.24) is 5.32 Å². The SMILES string of the molecule is C[C@H](NC(=O)Cc1ccccc1)[C@H](O)C/C=C/Cc1ccccc1. The number of benzene rings is 2. The molecule has 0 aliphatic heterocycles. The van der Waals surface area contributed by atoms with Crippen LogP contribution in [0.25, 0.3) is 0 Å². The van der Waals surface area contributed by atoms with Crippen molar-refractivity contribution in [1.29, 1.82) is 0 Å². The molecule has 0 saturated carbocycles. The first-order chi connectivity index (χ1) is 11.6. The highest BCUT2D eigenvalue weighted by Gasteiger charge is 2.15. The Labute approximate surface area is 144 Å². The Hall–Kier alpha value is -2.39. The predicted octanol–water partition coefficient (Wildman–Crippen LogP) is 3.28. The first-order valence-electron chi connectivity index (χ1n) is 8.35. The molecular formula is C21H25NO2. The number of allylic oxidation sites excluding steroid dienone is 1. The molecule has 2 N–H and O–H groups in total. The van der Waals surface area contributed by atoms with E-state index in [2.05, 4.69) is 23.5 Å². The number of aliphatic hydroxyl groups is 1. The van der Waals surface area contributed by atoms with Gasteiger partial charge in [0.15, 0.2) is 0 Å². The number of rotatable bonds is 8. The van der Waals surface area contributed by atoms with Gasteiger partial charge in [-0.15, -0.1) is 0 Å². The van der Waals surface area contributed by atoms with E-state index in [1.807, 2.05) is 61.5 Å². The molecule has 24 heavy (non-hydrogen) atoms. The number of hydrogen-bond donors (Lipinski definition) is 2. The van der Waals surface area contributed by atoms with Crippen LogP contribution < -0.4 is 5.32 Å². The molecule has 0 spiro atoms. The average molecular weight is 323 g/mol. The normalized spacial score (nSPS) is 13.6. The maximum atomic E-state index is 12.0. The van der Waals surface area contributed by atoms with Crippen LogP contribution in [0.4, 0.5) is 0 Å². The molecule has 3 nitrogen and oxygen atoms in total. The molecule has 0 saturated heterocycles. The largest absolute Gasteiger partial charge is 0.391 e. The lowest BCUT2D eigenvalue weighted by molar-refractivity contribution is -0.121. The van der Waals surface area contributed by atoms with Crippen LogP contribution in [0.5, 0.6) is 0 Å². The molecule has 0 aliphatic rings. The third kappa shape index (κ3) is 6.39. The zero-order valence-corrected chi connectivity index (χ0v) is 14.1. The third-order valence-electron chi connectivity index (χ3n) is 3.91. The van der Waals surface area contributed by atoms with Gasteiger partial charge >= 0.3 is 0 Å². The van der Waals surface area contributed by atoms with E-state index >= 15 is 0 Å². The lowest BCUT2D eigenvalue weighted by Crippen LogP contribution is -2.41. The summed E-state index contributed by atoms with van der Waals surface area (Å²) in [5.74, 6) is -0.0685. The van der Waals surface area contributed by atoms with Crippen molar-refractivity contribution < 1.29 is 9.90 Å². The van der Waals surface area contributed by atoms with Crippen molar-refractivity contribution in [3.63, 3.8) is 0 Å². The number of aliphatic hydroxyl groups excluding tert-OH is 1. The molecule has 2 aromatic rings. The van der Waals surface area contributed by atoms with Crippen LogP contribution in [-0.4, -0.2) is 23.2 Å². The van der Waals surface area contributed by atoms with Crippen molar-refractivity contribution in [2.75, 3.05) is 0 Å². The summed E-state index contributed by atoms with van der Waals surface area (Å²) in [6.45, 7) is 1.83. The van der Waals surface area contributed by atoms with Gasteiger partial charge in [-0.25, -0.2) is 0 Å². The molecule has 2 aromatic carbocycles. The van der Waals surface area contributed by atoms with Gasteiger partial charge in [-0.1, -0.05) is 72.8 Å². The van der Waals surface area contributed by atoms with Gasteiger partial charge in [0.05, 0.1) is 18.6 Å². The van der Waals surface area contributed by atoms with E-state index in [4.69, 9.17) is 0 Å². The fourth-order valence-corrected chi connectivity index (χ4v) is 2.46. The minimum absolute atomic E-state index is 0.0685. The maximum absolute atomic E-state index is 12.0. The maximum Gasteiger partial charge on any atom is 0.224 e. The monoisotopic (exact) mass is 323 g/mol. The lowest BCUT2D eigenvalue weighted by Gasteiger charge is -2.19. The Morgan fingerprint density at radius 1 is 1.00 bits per heavy atom. The van der Waals surface area contributed by atoms with Gasteiger partial charge in [-0.3, -0.25) is 4.79 Å². The van der Waals surface area contributed by atoms with Crippen molar-refractivity contribution in [3.8, 4) is 0 Å². The van der Waals surface area contributed by atoms with E-state index in [1.54, 1.807) is 0 Å². The summed E-state index contributed by atoms with van der Waals surface area (Å²) in [4.78, 5) is 12.0. The highest BCUT2D eigenvalue weighted by atomic mass is 16.3. The summed E-state index contributed by atoms with van der Waals surface area (Å²) >= 11 is 0. The lowest BCUT2D eigenvalue weighted by atomic mass is 10.1. The van der Waals surface area contributed by atoms with E-state index in [-0.39, 0.29) is 11.9 Å². The van der Waals surface area contributed by atoms with Crippen LogP contribution in [0.3, 0.4) is 0 Å². The number of carbonyl (C=O) groups is 1. The minimum Gasteiger partial charge on any atom is -0.391 e. The molecule has 0 fully saturated rings. The summed E-state index contributed by atoms with van der Waals surface area (Å²) in [7, 11) is 0. The smallest absolute Gasteiger partial charge is 0.224 e. The highest BCUT2D eigenvalue weighted by molar-refractivity contribution is 5.78. The van der Waals surface area contributed by atoms with Crippen molar-refractivity contribution in [2.45, 2.75) is 38.3 Å². The van der Waals surface area contributed by atoms with Crippen LogP contribution in [0.2, 0.25) is 0 Å². The van der Waals surface area contributed by atoms with E-state index in [1.165, 1.54) is 5.56 Å². The fraction of sp³-hybridized carbons (Fsp3) is 0.286. The summed E-state index contributed by atoms with van der Waals surface area (Å²) in [6, 6.07) is 19.5. The summed E-state index contributed by atoms with van der Waals surface area (Å²) in [6.07, 6.45) is 5.15. The quantitative estimate of drug-likeness (QED) is 0.733. The number of nitrogens with one attached hydrogen (secondary N) is 1. The molecule has 0 bridgehead atoms. The van der Waals surface area contributed by atoms with Crippen LogP contribution >= 0.6 is 0 Å². The second-order valence-electron chi connectivity index (χ2n) is 5.98. The minimum atomic E-state index is -0.586. The van der Waals surface area contributed by atoms with Crippen molar-refractivity contribution >= 4 is 5.91 Å². The Bertz CT molecular complexity index is 637. The highest BCUT2D eigenvalue weighted by Crippen LogP contribution is 2.05. The molecule has 0 unspecified atom stereocenters. The van der Waals surface area contributed by atoms with E-state index in [0.29, 0.717) is 12.8 Å². The Morgan fingerprint density at radius 2 is 1.58 bits per heavy atom. The van der Waals surface area contributed by atoms with Gasteiger partial charge in [-0.2, -0.15) is 0 Å². The van der Waals surface area contributed by atoms with Gasteiger partial charge < -0.3 is 10.4 Å². The van der Waals surface area contributed by atoms with Crippen molar-refractivity contribution in [2.24, 2.45) is 0 Å². The standard InChI is InChI=1S/C21H25NO2/c1-17(22-21(24)16-19-13-6-3-7-14-19)20(23)15-9-8-12-18-10-4-2-5-11-18/h2-11,13-14,17,20,23H,12,15-16H2,1H3,(H,22,24)/b9-8+/t17-,20+/m0/s1. The van der Waals surface area contributed by atoms with Crippen LogP contribution in [-0.2, 0) is 17.6 Å². The van der Waals surface area contributed by atoms with Crippen LogP contribution in [0, 0.1) is 0 Å².